The van der Waals surface area contributed by atoms with Crippen molar-refractivity contribution in [2.45, 2.75) is 0 Å². The van der Waals surface area contributed by atoms with Crippen LogP contribution in [0.4, 0.5) is 0 Å². The molecule has 5 heteroatoms. The van der Waals surface area contributed by atoms with Crippen LogP contribution in [-0.2, 0) is 9.84 Å². The molecule has 1 aliphatic rings. The summed E-state index contributed by atoms with van der Waals surface area (Å²) in [7, 11) is -3.13. The molecule has 0 heterocycles. The third kappa shape index (κ3) is 3.35. The molecule has 0 atom stereocenters. The van der Waals surface area contributed by atoms with Crippen LogP contribution in [0.25, 0.3) is 0 Å². The van der Waals surface area contributed by atoms with E-state index in [1.54, 1.807) is 48.5 Å². The zero-order chi connectivity index (χ0) is 17.0. The third-order valence-electron chi connectivity index (χ3n) is 3.30. The van der Waals surface area contributed by atoms with E-state index in [0.29, 0.717) is 22.3 Å². The van der Waals surface area contributed by atoms with Crippen LogP contribution in [-0.4, -0.2) is 20.0 Å². The van der Waals surface area contributed by atoms with Gasteiger partial charge in [-0.3, -0.25) is 9.59 Å². The van der Waals surface area contributed by atoms with Crippen LogP contribution in [0.5, 0.6) is 0 Å². The molecule has 3 rings (SSSR count). The Morgan fingerprint density at radius 3 is 1.09 bits per heavy atom. The van der Waals surface area contributed by atoms with E-state index in [-0.39, 0.29) is 11.6 Å². The molecule has 0 unspecified atom stereocenters. The van der Waals surface area contributed by atoms with Gasteiger partial charge in [-0.25, -0.2) is 8.42 Å². The lowest BCUT2D eigenvalue weighted by molar-refractivity contribution is 0.0979. The van der Waals surface area contributed by atoms with E-state index < -0.39 is 9.84 Å². The standard InChI is InChI=1S/C14H8O2.C4H6O2S/c15-13-9-5-1-2-6-10(9)14(16)12-8-4-3-7-11(12)13;1-3-7(5,6)4-2/h1-8H;3-4H,1-2H2. The van der Waals surface area contributed by atoms with Gasteiger partial charge in [-0.1, -0.05) is 61.7 Å². The first-order chi connectivity index (χ1) is 10.9. The SMILES string of the molecule is C=CS(=O)(=O)C=C.O=C1c2ccccc2C(=O)c2ccccc21. The largest absolute Gasteiger partial charge is 0.289 e. The number of hydrogen-bond acceptors (Lipinski definition) is 4. The number of rotatable bonds is 2. The van der Waals surface area contributed by atoms with Gasteiger partial charge in [0.1, 0.15) is 0 Å². The van der Waals surface area contributed by atoms with Crippen LogP contribution in [0.1, 0.15) is 31.8 Å². The topological polar surface area (TPSA) is 68.3 Å². The Kier molecular flexibility index (Phi) is 4.71. The van der Waals surface area contributed by atoms with E-state index in [0.717, 1.165) is 10.8 Å². The molecule has 0 saturated carbocycles. The first-order valence-electron chi connectivity index (χ1n) is 6.68. The fourth-order valence-corrected chi connectivity index (χ4v) is 2.25. The van der Waals surface area contributed by atoms with Gasteiger partial charge in [-0.15, -0.1) is 0 Å². The summed E-state index contributed by atoms with van der Waals surface area (Å²) in [6.07, 6.45) is 0. The van der Waals surface area contributed by atoms with E-state index >= 15 is 0 Å². The second-order valence-electron chi connectivity index (χ2n) is 4.67. The van der Waals surface area contributed by atoms with Crippen molar-refractivity contribution in [1.29, 1.82) is 0 Å². The molecule has 4 nitrogen and oxygen atoms in total. The minimum Gasteiger partial charge on any atom is -0.289 e. The molecule has 0 N–H and O–H groups in total. The molecule has 23 heavy (non-hydrogen) atoms. The quantitative estimate of drug-likeness (QED) is 0.725. The van der Waals surface area contributed by atoms with Crippen molar-refractivity contribution in [2.24, 2.45) is 0 Å². The maximum Gasteiger partial charge on any atom is 0.194 e. The van der Waals surface area contributed by atoms with Gasteiger partial charge in [0.25, 0.3) is 0 Å². The summed E-state index contributed by atoms with van der Waals surface area (Å²) < 4.78 is 20.3. The average molecular weight is 326 g/mol. The number of benzene rings is 2. The number of ketones is 2. The van der Waals surface area contributed by atoms with Gasteiger partial charge in [-0.05, 0) is 0 Å². The van der Waals surface area contributed by atoms with E-state index in [1.807, 2.05) is 0 Å². The fourth-order valence-electron chi connectivity index (χ4n) is 2.12. The lowest BCUT2D eigenvalue weighted by Crippen LogP contribution is -2.20. The maximum absolute atomic E-state index is 12.1. The number of carbonyl (C=O) groups is 2. The Bertz CT molecular complexity index is 789. The summed E-state index contributed by atoms with van der Waals surface area (Å²) in [6.45, 7) is 6.09. The van der Waals surface area contributed by atoms with E-state index in [1.165, 1.54) is 0 Å². The monoisotopic (exact) mass is 326 g/mol. The molecule has 0 bridgehead atoms. The van der Waals surface area contributed by atoms with Crippen molar-refractivity contribution in [2.75, 3.05) is 0 Å². The van der Waals surface area contributed by atoms with Crippen LogP contribution in [0, 0.1) is 0 Å². The molecular formula is C18H14O4S. The van der Waals surface area contributed by atoms with Gasteiger partial charge in [0, 0.05) is 33.1 Å². The summed E-state index contributed by atoms with van der Waals surface area (Å²) in [4.78, 5) is 24.2. The third-order valence-corrected chi connectivity index (χ3v) is 4.23. The second kappa shape index (κ2) is 6.54. The molecule has 0 aromatic heterocycles. The molecule has 116 valence electrons. The van der Waals surface area contributed by atoms with Gasteiger partial charge >= 0.3 is 0 Å². The van der Waals surface area contributed by atoms with Crippen LogP contribution in [0.2, 0.25) is 0 Å². The zero-order valence-electron chi connectivity index (χ0n) is 12.2. The van der Waals surface area contributed by atoms with Crippen molar-refractivity contribution in [3.05, 3.63) is 94.8 Å². The Balaban J connectivity index is 0.000000236. The summed E-state index contributed by atoms with van der Waals surface area (Å²) in [6, 6.07) is 13.9. The summed E-state index contributed by atoms with van der Waals surface area (Å²) in [5.41, 5.74) is 2.02. The van der Waals surface area contributed by atoms with Crippen LogP contribution >= 0.6 is 0 Å². The number of carbonyl (C=O) groups excluding carboxylic acids is 2. The number of fused-ring (bicyclic) bond motifs is 2. The molecule has 0 aliphatic heterocycles. The Morgan fingerprint density at radius 1 is 0.652 bits per heavy atom. The molecule has 2 aromatic carbocycles. The molecule has 0 amide bonds. The first kappa shape index (κ1) is 16.6. The predicted molar refractivity (Wildman–Crippen MR) is 89.1 cm³/mol. The van der Waals surface area contributed by atoms with Crippen LogP contribution in [0.15, 0.2) is 72.5 Å². The zero-order valence-corrected chi connectivity index (χ0v) is 13.0. The lowest BCUT2D eigenvalue weighted by atomic mass is 9.84. The molecule has 1 aliphatic carbocycles. The second-order valence-corrected chi connectivity index (χ2v) is 6.52. The van der Waals surface area contributed by atoms with E-state index in [4.69, 9.17) is 0 Å². The van der Waals surface area contributed by atoms with Crippen LogP contribution < -0.4 is 0 Å². The van der Waals surface area contributed by atoms with Gasteiger partial charge in [0.15, 0.2) is 21.4 Å². The van der Waals surface area contributed by atoms with Crippen molar-refractivity contribution >= 4 is 21.4 Å². The summed E-state index contributed by atoms with van der Waals surface area (Å²) in [5, 5.41) is 1.69. The Labute approximate surface area is 134 Å². The smallest absolute Gasteiger partial charge is 0.194 e. The minimum atomic E-state index is -3.13. The lowest BCUT2D eigenvalue weighted by Gasteiger charge is -2.16. The fraction of sp³-hybridized carbons (Fsp3) is 0. The normalized spacial score (nSPS) is 12.3. The molecule has 2 aromatic rings. The predicted octanol–water partition coefficient (Wildman–Crippen LogP) is 3.15. The highest BCUT2D eigenvalue weighted by molar-refractivity contribution is 7.97. The van der Waals surface area contributed by atoms with Crippen molar-refractivity contribution in [3.63, 3.8) is 0 Å². The molecular weight excluding hydrogens is 312 g/mol. The molecule has 0 radical (unpaired) electrons. The van der Waals surface area contributed by atoms with Gasteiger partial charge in [-0.2, -0.15) is 0 Å². The van der Waals surface area contributed by atoms with Gasteiger partial charge in [0.05, 0.1) is 0 Å². The van der Waals surface area contributed by atoms with Crippen molar-refractivity contribution in [3.8, 4) is 0 Å². The highest BCUT2D eigenvalue weighted by Gasteiger charge is 2.28. The van der Waals surface area contributed by atoms with Crippen LogP contribution in [0.3, 0.4) is 0 Å². The summed E-state index contributed by atoms with van der Waals surface area (Å²) in [5.74, 6) is -0.128. The molecule has 0 fully saturated rings. The van der Waals surface area contributed by atoms with Crippen molar-refractivity contribution < 1.29 is 18.0 Å². The highest BCUT2D eigenvalue weighted by atomic mass is 32.2. The summed E-state index contributed by atoms with van der Waals surface area (Å²) >= 11 is 0. The average Bonchev–Trinajstić information content (AvgIpc) is 2.60. The van der Waals surface area contributed by atoms with Gasteiger partial charge < -0.3 is 0 Å². The van der Waals surface area contributed by atoms with E-state index in [9.17, 15) is 18.0 Å². The Morgan fingerprint density at radius 2 is 0.913 bits per heavy atom. The van der Waals surface area contributed by atoms with E-state index in [2.05, 4.69) is 13.2 Å². The highest BCUT2D eigenvalue weighted by Crippen LogP contribution is 2.26. The van der Waals surface area contributed by atoms with Crippen molar-refractivity contribution in [1.82, 2.24) is 0 Å². The number of hydrogen-bond donors (Lipinski definition) is 0. The molecule has 0 spiro atoms. The minimum absolute atomic E-state index is 0.0641. The Hall–Kier alpha value is -2.79. The first-order valence-corrected chi connectivity index (χ1v) is 8.29. The number of sulfone groups is 1. The molecule has 0 saturated heterocycles. The van der Waals surface area contributed by atoms with Gasteiger partial charge in [0.2, 0.25) is 0 Å². The maximum atomic E-state index is 12.1.